The fourth-order valence-corrected chi connectivity index (χ4v) is 2.72. The number of methoxy groups -OCH3 is 2. The van der Waals surface area contributed by atoms with Gasteiger partial charge in [-0.05, 0) is 12.1 Å². The summed E-state index contributed by atoms with van der Waals surface area (Å²) in [6, 6.07) is 5.37. The smallest absolute Gasteiger partial charge is 0.243 e. The molecule has 4 nitrogen and oxygen atoms in total. The third-order valence-corrected chi connectivity index (χ3v) is 3.73. The number of carbonyl (C=O) groups is 1. The average Bonchev–Trinajstić information content (AvgIpc) is 2.68. The summed E-state index contributed by atoms with van der Waals surface area (Å²) in [4.78, 5) is 13.3. The quantitative estimate of drug-likeness (QED) is 0.785. The summed E-state index contributed by atoms with van der Waals surface area (Å²) in [6.07, 6.45) is 0. The molecule has 1 amide bonds. The minimum Gasteiger partial charge on any atom is -0.493 e. The van der Waals surface area contributed by atoms with E-state index < -0.39 is 0 Å². The van der Waals surface area contributed by atoms with Gasteiger partial charge in [0.25, 0.3) is 0 Å². The van der Waals surface area contributed by atoms with Gasteiger partial charge in [0.1, 0.15) is 4.32 Å². The number of benzene rings is 1. The number of rotatable bonds is 3. The standard InChI is InChI=1S/C11H11NO3S2/c1-14-8-5-3-4-7(10(8)15-2)12-9(13)6-17-11(12)16/h3-5H,6H2,1-2H3. The van der Waals surface area contributed by atoms with Crippen molar-refractivity contribution in [1.82, 2.24) is 0 Å². The normalized spacial score (nSPS) is 15.3. The summed E-state index contributed by atoms with van der Waals surface area (Å²) >= 11 is 6.51. The van der Waals surface area contributed by atoms with E-state index in [-0.39, 0.29) is 5.91 Å². The number of para-hydroxylation sites is 1. The molecule has 1 fully saturated rings. The molecule has 0 atom stereocenters. The molecule has 0 spiro atoms. The Morgan fingerprint density at radius 1 is 1.35 bits per heavy atom. The first kappa shape index (κ1) is 12.2. The highest BCUT2D eigenvalue weighted by Crippen LogP contribution is 2.40. The summed E-state index contributed by atoms with van der Waals surface area (Å²) in [5.41, 5.74) is 0.631. The molecular weight excluding hydrogens is 258 g/mol. The number of anilines is 1. The molecule has 0 aromatic heterocycles. The van der Waals surface area contributed by atoms with Crippen molar-refractivity contribution in [3.05, 3.63) is 18.2 Å². The van der Waals surface area contributed by atoms with Crippen LogP contribution in [0.3, 0.4) is 0 Å². The van der Waals surface area contributed by atoms with Gasteiger partial charge in [0.05, 0.1) is 25.7 Å². The Hall–Kier alpha value is -1.27. The van der Waals surface area contributed by atoms with Gasteiger partial charge in [-0.1, -0.05) is 30.0 Å². The lowest BCUT2D eigenvalue weighted by atomic mass is 10.2. The largest absolute Gasteiger partial charge is 0.493 e. The summed E-state index contributed by atoms with van der Waals surface area (Å²) < 4.78 is 11.0. The van der Waals surface area contributed by atoms with Gasteiger partial charge in [0.2, 0.25) is 5.91 Å². The van der Waals surface area contributed by atoms with Crippen LogP contribution in [0.1, 0.15) is 0 Å². The number of hydrogen-bond donors (Lipinski definition) is 0. The zero-order chi connectivity index (χ0) is 12.4. The van der Waals surface area contributed by atoms with Crippen molar-refractivity contribution >= 4 is 39.9 Å². The fraction of sp³-hybridized carbons (Fsp3) is 0.273. The van der Waals surface area contributed by atoms with E-state index >= 15 is 0 Å². The van der Waals surface area contributed by atoms with E-state index in [1.165, 1.54) is 23.8 Å². The summed E-state index contributed by atoms with van der Waals surface area (Å²) in [5.74, 6) is 1.44. The van der Waals surface area contributed by atoms with Gasteiger partial charge >= 0.3 is 0 Å². The van der Waals surface area contributed by atoms with Crippen molar-refractivity contribution in [2.24, 2.45) is 0 Å². The van der Waals surface area contributed by atoms with Crippen molar-refractivity contribution in [2.75, 3.05) is 24.9 Å². The second kappa shape index (κ2) is 4.93. The lowest BCUT2D eigenvalue weighted by Crippen LogP contribution is -2.28. The van der Waals surface area contributed by atoms with Crippen LogP contribution in [0.25, 0.3) is 0 Å². The highest BCUT2D eigenvalue weighted by molar-refractivity contribution is 8.24. The number of ether oxygens (including phenoxy) is 2. The maximum atomic E-state index is 11.8. The third-order valence-electron chi connectivity index (χ3n) is 2.37. The molecule has 0 unspecified atom stereocenters. The van der Waals surface area contributed by atoms with Crippen molar-refractivity contribution in [2.45, 2.75) is 0 Å². The van der Waals surface area contributed by atoms with Gasteiger partial charge in [-0.2, -0.15) is 0 Å². The minimum atomic E-state index is -0.0356. The van der Waals surface area contributed by atoms with E-state index in [4.69, 9.17) is 21.7 Å². The Kier molecular flexibility index (Phi) is 3.54. The van der Waals surface area contributed by atoms with Crippen LogP contribution in [0.4, 0.5) is 5.69 Å². The SMILES string of the molecule is COc1cccc(N2C(=O)CSC2=S)c1OC. The van der Waals surface area contributed by atoms with Crippen molar-refractivity contribution in [1.29, 1.82) is 0 Å². The molecule has 0 N–H and O–H groups in total. The summed E-state index contributed by atoms with van der Waals surface area (Å²) in [6.45, 7) is 0. The highest BCUT2D eigenvalue weighted by Gasteiger charge is 2.31. The van der Waals surface area contributed by atoms with Crippen LogP contribution >= 0.6 is 24.0 Å². The number of thioether (sulfide) groups is 1. The molecule has 1 aliphatic rings. The number of amides is 1. The zero-order valence-corrected chi connectivity index (χ0v) is 11.1. The fourth-order valence-electron chi connectivity index (χ4n) is 1.63. The van der Waals surface area contributed by atoms with Crippen LogP contribution in [0.15, 0.2) is 18.2 Å². The molecule has 1 aromatic rings. The van der Waals surface area contributed by atoms with Gasteiger partial charge in [0, 0.05) is 0 Å². The number of hydrogen-bond acceptors (Lipinski definition) is 5. The van der Waals surface area contributed by atoms with Crippen LogP contribution in [-0.2, 0) is 4.79 Å². The molecular formula is C11H11NO3S2. The number of carbonyl (C=O) groups excluding carboxylic acids is 1. The molecule has 0 saturated carbocycles. The molecule has 0 bridgehead atoms. The maximum Gasteiger partial charge on any atom is 0.243 e. The Balaban J connectivity index is 2.51. The molecule has 0 aliphatic carbocycles. The zero-order valence-electron chi connectivity index (χ0n) is 9.43. The van der Waals surface area contributed by atoms with Crippen molar-refractivity contribution in [3.8, 4) is 11.5 Å². The van der Waals surface area contributed by atoms with Crippen LogP contribution in [0, 0.1) is 0 Å². The lowest BCUT2D eigenvalue weighted by Gasteiger charge is -2.19. The third kappa shape index (κ3) is 2.10. The first-order chi connectivity index (χ1) is 8.19. The van der Waals surface area contributed by atoms with Gasteiger partial charge in [-0.25, -0.2) is 0 Å². The molecule has 2 rings (SSSR count). The van der Waals surface area contributed by atoms with Crippen LogP contribution in [0.5, 0.6) is 11.5 Å². The van der Waals surface area contributed by atoms with Crippen LogP contribution in [-0.4, -0.2) is 30.2 Å². The lowest BCUT2D eigenvalue weighted by molar-refractivity contribution is -0.115. The first-order valence-corrected chi connectivity index (χ1v) is 6.29. The highest BCUT2D eigenvalue weighted by atomic mass is 32.2. The summed E-state index contributed by atoms with van der Waals surface area (Å²) in [5, 5.41) is 0. The van der Waals surface area contributed by atoms with Gasteiger partial charge in [-0.3, -0.25) is 9.69 Å². The number of nitrogens with zero attached hydrogens (tertiary/aromatic N) is 1. The van der Waals surface area contributed by atoms with Crippen molar-refractivity contribution < 1.29 is 14.3 Å². The Morgan fingerprint density at radius 3 is 2.65 bits per heavy atom. The molecule has 17 heavy (non-hydrogen) atoms. The van der Waals surface area contributed by atoms with E-state index in [9.17, 15) is 4.79 Å². The molecule has 90 valence electrons. The minimum absolute atomic E-state index is 0.0356. The maximum absolute atomic E-state index is 11.8. The molecule has 1 saturated heterocycles. The second-order valence-corrected chi connectivity index (χ2v) is 4.91. The monoisotopic (exact) mass is 269 g/mol. The molecule has 0 radical (unpaired) electrons. The van der Waals surface area contributed by atoms with E-state index in [1.807, 2.05) is 0 Å². The Bertz CT molecular complexity index is 460. The number of thiocarbonyl (C=S) groups is 1. The second-order valence-electron chi connectivity index (χ2n) is 3.30. The van der Waals surface area contributed by atoms with Gasteiger partial charge in [0.15, 0.2) is 11.5 Å². The van der Waals surface area contributed by atoms with Gasteiger partial charge in [-0.15, -0.1) is 0 Å². The molecule has 1 aliphatic heterocycles. The van der Waals surface area contributed by atoms with E-state index in [2.05, 4.69) is 0 Å². The predicted octanol–water partition coefficient (Wildman–Crippen LogP) is 2.07. The van der Waals surface area contributed by atoms with E-state index in [1.54, 1.807) is 25.3 Å². The Labute approximate surface area is 109 Å². The molecule has 1 aromatic carbocycles. The Morgan fingerprint density at radius 2 is 2.12 bits per heavy atom. The molecule has 1 heterocycles. The predicted molar refractivity (Wildman–Crippen MR) is 72.1 cm³/mol. The topological polar surface area (TPSA) is 38.8 Å². The van der Waals surface area contributed by atoms with E-state index in [0.717, 1.165) is 0 Å². The average molecular weight is 269 g/mol. The summed E-state index contributed by atoms with van der Waals surface area (Å²) in [7, 11) is 3.10. The first-order valence-electron chi connectivity index (χ1n) is 4.89. The van der Waals surface area contributed by atoms with Gasteiger partial charge < -0.3 is 9.47 Å². The molecule has 6 heteroatoms. The van der Waals surface area contributed by atoms with Crippen LogP contribution in [0.2, 0.25) is 0 Å². The van der Waals surface area contributed by atoms with Crippen molar-refractivity contribution in [3.63, 3.8) is 0 Å². The van der Waals surface area contributed by atoms with Crippen LogP contribution < -0.4 is 14.4 Å². The van der Waals surface area contributed by atoms with E-state index in [0.29, 0.717) is 27.3 Å².